The summed E-state index contributed by atoms with van der Waals surface area (Å²) in [5.74, 6) is -2.34. The standard InChI is InChI=1S/C23H24ClF2NO4S/c1-14(28)27-11-15-8-9-23(13-32(29,30)18-4-2-17(24)3-5-18)16(10-15)12-31-22-20(26)7-6-19(25)21(22)23/h2-7,15-16H,8-13H2,1H3,(H,27,28)/t15?,16?,23-/m1/s1. The van der Waals surface area contributed by atoms with Crippen LogP contribution in [0.3, 0.4) is 0 Å². The van der Waals surface area contributed by atoms with Gasteiger partial charge in [-0.25, -0.2) is 17.2 Å². The lowest BCUT2D eigenvalue weighted by Crippen LogP contribution is -2.52. The molecule has 2 aromatic rings. The Balaban J connectivity index is 1.77. The highest BCUT2D eigenvalue weighted by Gasteiger charge is 2.53. The van der Waals surface area contributed by atoms with E-state index < -0.39 is 26.9 Å². The van der Waals surface area contributed by atoms with Crippen molar-refractivity contribution >= 4 is 27.3 Å². The van der Waals surface area contributed by atoms with Crippen LogP contribution in [-0.4, -0.2) is 33.2 Å². The van der Waals surface area contributed by atoms with Gasteiger partial charge in [0.2, 0.25) is 5.91 Å². The number of hydrogen-bond donors (Lipinski definition) is 1. The molecule has 1 aliphatic carbocycles. The van der Waals surface area contributed by atoms with Crippen LogP contribution in [0, 0.1) is 23.5 Å². The van der Waals surface area contributed by atoms with Crippen molar-refractivity contribution in [2.45, 2.75) is 36.5 Å². The van der Waals surface area contributed by atoms with Gasteiger partial charge in [-0.2, -0.15) is 0 Å². The Bertz CT molecular complexity index is 1140. The molecule has 2 unspecified atom stereocenters. The summed E-state index contributed by atoms with van der Waals surface area (Å²) in [6.07, 6.45) is 1.44. The van der Waals surface area contributed by atoms with Crippen LogP contribution in [-0.2, 0) is 20.0 Å². The molecule has 32 heavy (non-hydrogen) atoms. The lowest BCUT2D eigenvalue weighted by molar-refractivity contribution is -0.119. The topological polar surface area (TPSA) is 72.5 Å². The third-order valence-electron chi connectivity index (χ3n) is 6.64. The number of amides is 1. The van der Waals surface area contributed by atoms with Gasteiger partial charge in [0, 0.05) is 35.4 Å². The minimum absolute atomic E-state index is 0.00395. The number of halogens is 3. The van der Waals surface area contributed by atoms with Gasteiger partial charge in [0.15, 0.2) is 21.4 Å². The molecule has 2 aliphatic rings. The summed E-state index contributed by atoms with van der Waals surface area (Å²) < 4.78 is 62.1. The maximum Gasteiger partial charge on any atom is 0.216 e. The lowest BCUT2D eigenvalue weighted by Gasteiger charge is -2.50. The lowest BCUT2D eigenvalue weighted by atomic mass is 9.60. The van der Waals surface area contributed by atoms with E-state index in [1.54, 1.807) is 0 Å². The fourth-order valence-electron chi connectivity index (χ4n) is 5.09. The highest BCUT2D eigenvalue weighted by molar-refractivity contribution is 7.91. The fraction of sp³-hybridized carbons (Fsp3) is 0.435. The van der Waals surface area contributed by atoms with Crippen LogP contribution in [0.15, 0.2) is 41.3 Å². The Labute approximate surface area is 191 Å². The molecule has 1 heterocycles. The molecule has 1 aliphatic heterocycles. The van der Waals surface area contributed by atoms with Gasteiger partial charge in [0.1, 0.15) is 5.82 Å². The van der Waals surface area contributed by atoms with Crippen LogP contribution >= 0.6 is 11.6 Å². The molecule has 1 fully saturated rings. The fourth-order valence-corrected chi connectivity index (χ4v) is 7.14. The summed E-state index contributed by atoms with van der Waals surface area (Å²) in [5.41, 5.74) is -1.13. The van der Waals surface area contributed by atoms with E-state index in [4.69, 9.17) is 16.3 Å². The first kappa shape index (κ1) is 23.0. The molecule has 9 heteroatoms. The molecule has 1 saturated carbocycles. The SMILES string of the molecule is CC(=O)NCC1CC[C@]2(CS(=O)(=O)c3ccc(Cl)cc3)c3c(F)ccc(F)c3OCC2C1. The van der Waals surface area contributed by atoms with E-state index in [1.807, 2.05) is 0 Å². The van der Waals surface area contributed by atoms with E-state index in [0.29, 0.717) is 30.8 Å². The van der Waals surface area contributed by atoms with E-state index in [2.05, 4.69) is 5.32 Å². The summed E-state index contributed by atoms with van der Waals surface area (Å²) in [6, 6.07) is 7.86. The van der Waals surface area contributed by atoms with Crippen molar-refractivity contribution < 1.29 is 26.7 Å². The van der Waals surface area contributed by atoms with E-state index in [9.17, 15) is 17.6 Å². The van der Waals surface area contributed by atoms with Gasteiger partial charge in [-0.1, -0.05) is 11.6 Å². The monoisotopic (exact) mass is 483 g/mol. The average Bonchev–Trinajstić information content (AvgIpc) is 2.74. The summed E-state index contributed by atoms with van der Waals surface area (Å²) in [5, 5.41) is 3.20. The van der Waals surface area contributed by atoms with Crippen LogP contribution in [0.25, 0.3) is 0 Å². The Kier molecular flexibility index (Phi) is 6.20. The number of fused-ring (bicyclic) bond motifs is 3. The molecular formula is C23H24ClF2NO4S. The number of sulfone groups is 1. The molecule has 1 amide bonds. The molecule has 0 saturated heterocycles. The van der Waals surface area contributed by atoms with Crippen molar-refractivity contribution in [1.29, 1.82) is 0 Å². The number of carbonyl (C=O) groups is 1. The second-order valence-corrected chi connectivity index (χ2v) is 11.1. The molecule has 172 valence electrons. The van der Waals surface area contributed by atoms with E-state index in [0.717, 1.165) is 12.1 Å². The predicted octanol–water partition coefficient (Wildman–Crippen LogP) is 4.27. The molecule has 0 aromatic heterocycles. The van der Waals surface area contributed by atoms with E-state index in [1.165, 1.54) is 31.2 Å². The second-order valence-electron chi connectivity index (χ2n) is 8.69. The first-order valence-electron chi connectivity index (χ1n) is 10.5. The van der Waals surface area contributed by atoms with Crippen LogP contribution in [0.2, 0.25) is 5.02 Å². The quantitative estimate of drug-likeness (QED) is 0.689. The third kappa shape index (κ3) is 4.22. The Hall–Kier alpha value is -2.19. The summed E-state index contributed by atoms with van der Waals surface area (Å²) in [6.45, 7) is 1.97. The third-order valence-corrected chi connectivity index (χ3v) is 8.78. The number of benzene rings is 2. The Morgan fingerprint density at radius 3 is 2.56 bits per heavy atom. The molecular weight excluding hydrogens is 460 g/mol. The number of ether oxygens (including phenoxy) is 1. The highest BCUT2D eigenvalue weighted by atomic mass is 35.5. The van der Waals surface area contributed by atoms with Crippen molar-refractivity contribution in [3.63, 3.8) is 0 Å². The largest absolute Gasteiger partial charge is 0.490 e. The van der Waals surface area contributed by atoms with Crippen molar-refractivity contribution in [2.75, 3.05) is 18.9 Å². The first-order chi connectivity index (χ1) is 15.1. The molecule has 3 atom stereocenters. The number of nitrogens with one attached hydrogen (secondary N) is 1. The van der Waals surface area contributed by atoms with E-state index >= 15 is 4.39 Å². The Morgan fingerprint density at radius 2 is 1.88 bits per heavy atom. The minimum atomic E-state index is -3.84. The van der Waals surface area contributed by atoms with Gasteiger partial charge in [-0.15, -0.1) is 0 Å². The van der Waals surface area contributed by atoms with Crippen LogP contribution < -0.4 is 10.1 Å². The number of rotatable bonds is 5. The zero-order valence-corrected chi connectivity index (χ0v) is 19.1. The van der Waals surface area contributed by atoms with Crippen molar-refractivity contribution in [2.24, 2.45) is 11.8 Å². The van der Waals surface area contributed by atoms with Crippen molar-refractivity contribution in [3.05, 3.63) is 58.6 Å². The molecule has 0 spiro atoms. The maximum atomic E-state index is 15.1. The van der Waals surface area contributed by atoms with E-state index in [-0.39, 0.29) is 46.3 Å². The zero-order valence-electron chi connectivity index (χ0n) is 17.5. The van der Waals surface area contributed by atoms with Gasteiger partial charge in [0.25, 0.3) is 0 Å². The second kappa shape index (κ2) is 8.63. The van der Waals surface area contributed by atoms with Crippen LogP contribution in [0.1, 0.15) is 31.7 Å². The van der Waals surface area contributed by atoms with Gasteiger partial charge in [-0.05, 0) is 61.6 Å². The minimum Gasteiger partial charge on any atom is -0.490 e. The number of carbonyl (C=O) groups excluding carboxylic acids is 1. The van der Waals surface area contributed by atoms with Crippen molar-refractivity contribution in [3.8, 4) is 5.75 Å². The van der Waals surface area contributed by atoms with Gasteiger partial charge in [0.05, 0.1) is 17.3 Å². The average molecular weight is 484 g/mol. The molecule has 0 radical (unpaired) electrons. The van der Waals surface area contributed by atoms with Gasteiger partial charge in [-0.3, -0.25) is 4.79 Å². The molecule has 5 nitrogen and oxygen atoms in total. The van der Waals surface area contributed by atoms with Gasteiger partial charge >= 0.3 is 0 Å². The summed E-state index contributed by atoms with van der Waals surface area (Å²) in [4.78, 5) is 11.4. The van der Waals surface area contributed by atoms with Gasteiger partial charge < -0.3 is 10.1 Å². The number of hydrogen-bond acceptors (Lipinski definition) is 4. The van der Waals surface area contributed by atoms with Crippen LogP contribution in [0.5, 0.6) is 5.75 Å². The smallest absolute Gasteiger partial charge is 0.216 e. The normalized spacial score (nSPS) is 24.8. The van der Waals surface area contributed by atoms with Crippen LogP contribution in [0.4, 0.5) is 8.78 Å². The first-order valence-corrected chi connectivity index (χ1v) is 12.5. The molecule has 4 rings (SSSR count). The highest BCUT2D eigenvalue weighted by Crippen LogP contribution is 2.54. The van der Waals surface area contributed by atoms with Crippen molar-refractivity contribution in [1.82, 2.24) is 5.32 Å². The molecule has 0 bridgehead atoms. The summed E-state index contributed by atoms with van der Waals surface area (Å²) >= 11 is 5.90. The molecule has 2 aromatic carbocycles. The maximum absolute atomic E-state index is 15.1. The Morgan fingerprint density at radius 1 is 1.19 bits per heavy atom. The predicted molar refractivity (Wildman–Crippen MR) is 117 cm³/mol. The molecule has 1 N–H and O–H groups in total. The zero-order chi connectivity index (χ0) is 23.1. The summed E-state index contributed by atoms with van der Waals surface area (Å²) in [7, 11) is -3.84.